The zero-order chi connectivity index (χ0) is 14.5. The van der Waals surface area contributed by atoms with Gasteiger partial charge in [-0.05, 0) is 37.3 Å². The van der Waals surface area contributed by atoms with Crippen molar-refractivity contribution < 1.29 is 4.74 Å². The van der Waals surface area contributed by atoms with E-state index in [1.807, 2.05) is 6.07 Å². The first-order valence-electron chi connectivity index (χ1n) is 7.44. The number of rotatable bonds is 8. The van der Waals surface area contributed by atoms with E-state index in [0.717, 1.165) is 17.9 Å². The second-order valence-electron chi connectivity index (χ2n) is 5.74. The van der Waals surface area contributed by atoms with Crippen LogP contribution in [-0.2, 0) is 6.54 Å². The molecule has 0 spiro atoms. The van der Waals surface area contributed by atoms with Crippen molar-refractivity contribution in [2.24, 2.45) is 5.92 Å². The van der Waals surface area contributed by atoms with Crippen molar-refractivity contribution in [1.29, 1.82) is 0 Å². The van der Waals surface area contributed by atoms with Crippen molar-refractivity contribution in [2.45, 2.75) is 52.1 Å². The molecule has 2 nitrogen and oxygen atoms in total. The summed E-state index contributed by atoms with van der Waals surface area (Å²) >= 11 is 12.4. The molecule has 0 aromatic heterocycles. The first kappa shape index (κ1) is 15.9. The predicted octanol–water partition coefficient (Wildman–Crippen LogP) is 5.06. The van der Waals surface area contributed by atoms with Crippen molar-refractivity contribution in [3.8, 4) is 5.75 Å². The van der Waals surface area contributed by atoms with Gasteiger partial charge >= 0.3 is 0 Å². The fraction of sp³-hybridized carbons (Fsp3) is 0.625. The molecule has 4 heteroatoms. The fourth-order valence-corrected chi connectivity index (χ4v) is 2.84. The Morgan fingerprint density at radius 1 is 1.35 bits per heavy atom. The van der Waals surface area contributed by atoms with Gasteiger partial charge in [-0.2, -0.15) is 0 Å². The number of benzene rings is 1. The fourth-order valence-electron chi connectivity index (χ4n) is 2.25. The van der Waals surface area contributed by atoms with Crippen molar-refractivity contribution in [3.05, 3.63) is 27.7 Å². The summed E-state index contributed by atoms with van der Waals surface area (Å²) in [7, 11) is 0. The summed E-state index contributed by atoms with van der Waals surface area (Å²) in [6, 6.07) is 4.35. The average molecular weight is 316 g/mol. The van der Waals surface area contributed by atoms with Gasteiger partial charge in [-0.3, -0.25) is 0 Å². The van der Waals surface area contributed by atoms with Crippen LogP contribution in [0.3, 0.4) is 0 Å². The monoisotopic (exact) mass is 315 g/mol. The zero-order valence-corrected chi connectivity index (χ0v) is 13.7. The van der Waals surface area contributed by atoms with Gasteiger partial charge < -0.3 is 10.1 Å². The van der Waals surface area contributed by atoms with Gasteiger partial charge in [0.05, 0.1) is 11.6 Å². The number of nitrogens with one attached hydrogen (secondary N) is 1. The second kappa shape index (κ2) is 7.53. The van der Waals surface area contributed by atoms with Gasteiger partial charge in [0.1, 0.15) is 5.75 Å². The molecule has 1 atom stereocenters. The smallest absolute Gasteiger partial charge is 0.142 e. The lowest BCUT2D eigenvalue weighted by atomic mass is 10.1. The van der Waals surface area contributed by atoms with Crippen LogP contribution in [0.15, 0.2) is 12.1 Å². The molecule has 2 rings (SSSR count). The summed E-state index contributed by atoms with van der Waals surface area (Å²) in [5.74, 6) is 1.32. The summed E-state index contributed by atoms with van der Waals surface area (Å²) in [5.41, 5.74) is 1.05. The van der Waals surface area contributed by atoms with Crippen LogP contribution < -0.4 is 10.1 Å². The molecule has 1 N–H and O–H groups in total. The van der Waals surface area contributed by atoms with E-state index in [4.69, 9.17) is 27.9 Å². The van der Waals surface area contributed by atoms with Crippen LogP contribution >= 0.6 is 23.2 Å². The van der Waals surface area contributed by atoms with E-state index >= 15 is 0 Å². The normalized spacial score (nSPS) is 16.2. The van der Waals surface area contributed by atoms with Crippen LogP contribution in [0.25, 0.3) is 0 Å². The molecule has 1 unspecified atom stereocenters. The van der Waals surface area contributed by atoms with E-state index in [9.17, 15) is 0 Å². The molecule has 0 amide bonds. The third-order valence-electron chi connectivity index (χ3n) is 3.54. The van der Waals surface area contributed by atoms with Gasteiger partial charge in [-0.1, -0.05) is 43.5 Å². The van der Waals surface area contributed by atoms with Crippen LogP contribution in [0, 0.1) is 5.92 Å². The summed E-state index contributed by atoms with van der Waals surface area (Å²) in [6.45, 7) is 5.86. The summed E-state index contributed by atoms with van der Waals surface area (Å²) in [4.78, 5) is 0. The van der Waals surface area contributed by atoms with Crippen LogP contribution in [0.1, 0.15) is 45.1 Å². The molecule has 0 bridgehead atoms. The van der Waals surface area contributed by atoms with Gasteiger partial charge in [0, 0.05) is 23.2 Å². The number of hydrogen-bond donors (Lipinski definition) is 1. The molecule has 1 aromatic rings. The third kappa shape index (κ3) is 4.83. The SMILES string of the molecule is CCCC(C)COc1c(Cl)cc(Cl)cc1CNC1CC1. The molecule has 112 valence electrons. The van der Waals surface area contributed by atoms with E-state index in [1.54, 1.807) is 6.07 Å². The summed E-state index contributed by atoms with van der Waals surface area (Å²) in [5, 5.41) is 4.75. The zero-order valence-electron chi connectivity index (χ0n) is 12.2. The second-order valence-corrected chi connectivity index (χ2v) is 6.58. The molecule has 1 aromatic carbocycles. The molecule has 1 aliphatic carbocycles. The summed E-state index contributed by atoms with van der Waals surface area (Å²) < 4.78 is 5.96. The van der Waals surface area contributed by atoms with Crippen molar-refractivity contribution in [3.63, 3.8) is 0 Å². The topological polar surface area (TPSA) is 21.3 Å². The van der Waals surface area contributed by atoms with E-state index in [-0.39, 0.29) is 0 Å². The first-order chi connectivity index (χ1) is 9.60. The van der Waals surface area contributed by atoms with Crippen LogP contribution in [0.4, 0.5) is 0 Å². The molecule has 0 heterocycles. The highest BCUT2D eigenvalue weighted by Crippen LogP contribution is 2.33. The molecule has 1 aliphatic rings. The maximum Gasteiger partial charge on any atom is 0.142 e. The molecule has 0 saturated heterocycles. The lowest BCUT2D eigenvalue weighted by Crippen LogP contribution is -2.17. The highest BCUT2D eigenvalue weighted by molar-refractivity contribution is 6.35. The van der Waals surface area contributed by atoms with Gasteiger partial charge in [0.2, 0.25) is 0 Å². The number of ether oxygens (including phenoxy) is 1. The molecule has 1 saturated carbocycles. The van der Waals surface area contributed by atoms with E-state index in [0.29, 0.717) is 28.6 Å². The van der Waals surface area contributed by atoms with Gasteiger partial charge in [0.25, 0.3) is 0 Å². The molecular weight excluding hydrogens is 293 g/mol. The third-order valence-corrected chi connectivity index (χ3v) is 4.04. The van der Waals surface area contributed by atoms with Crippen molar-refractivity contribution in [1.82, 2.24) is 5.32 Å². The lowest BCUT2D eigenvalue weighted by Gasteiger charge is -2.17. The summed E-state index contributed by atoms with van der Waals surface area (Å²) in [6.07, 6.45) is 4.87. The van der Waals surface area contributed by atoms with Crippen molar-refractivity contribution >= 4 is 23.2 Å². The first-order valence-corrected chi connectivity index (χ1v) is 8.19. The van der Waals surface area contributed by atoms with Crippen LogP contribution in [0.5, 0.6) is 5.75 Å². The van der Waals surface area contributed by atoms with E-state index in [1.165, 1.54) is 25.7 Å². The Morgan fingerprint density at radius 3 is 2.75 bits per heavy atom. The largest absolute Gasteiger partial charge is 0.491 e. The average Bonchev–Trinajstić information content (AvgIpc) is 3.19. The number of halogens is 2. The standard InChI is InChI=1S/C16H23Cl2NO/c1-3-4-11(2)10-20-16-12(9-19-14-5-6-14)7-13(17)8-15(16)18/h7-8,11,14,19H,3-6,9-10H2,1-2H3. The minimum atomic E-state index is 0.538. The Labute approximate surface area is 131 Å². The Bertz CT molecular complexity index is 446. The highest BCUT2D eigenvalue weighted by Gasteiger charge is 2.21. The molecule has 20 heavy (non-hydrogen) atoms. The van der Waals surface area contributed by atoms with Crippen LogP contribution in [0.2, 0.25) is 10.0 Å². The van der Waals surface area contributed by atoms with Crippen molar-refractivity contribution in [2.75, 3.05) is 6.61 Å². The van der Waals surface area contributed by atoms with E-state index in [2.05, 4.69) is 19.2 Å². The van der Waals surface area contributed by atoms with Crippen LogP contribution in [-0.4, -0.2) is 12.6 Å². The molecular formula is C16H23Cl2NO. The number of hydrogen-bond acceptors (Lipinski definition) is 2. The molecule has 1 fully saturated rings. The Balaban J connectivity index is 2.03. The molecule has 0 aliphatic heterocycles. The van der Waals surface area contributed by atoms with Gasteiger partial charge in [0.15, 0.2) is 0 Å². The van der Waals surface area contributed by atoms with Gasteiger partial charge in [-0.25, -0.2) is 0 Å². The lowest BCUT2D eigenvalue weighted by molar-refractivity contribution is 0.249. The highest BCUT2D eigenvalue weighted by atomic mass is 35.5. The maximum absolute atomic E-state index is 6.29. The predicted molar refractivity (Wildman–Crippen MR) is 85.9 cm³/mol. The maximum atomic E-state index is 6.29. The Morgan fingerprint density at radius 2 is 2.10 bits per heavy atom. The minimum absolute atomic E-state index is 0.538. The minimum Gasteiger partial charge on any atom is -0.491 e. The Kier molecular flexibility index (Phi) is 6.01. The van der Waals surface area contributed by atoms with Gasteiger partial charge in [-0.15, -0.1) is 0 Å². The quantitative estimate of drug-likeness (QED) is 0.724. The molecule has 0 radical (unpaired) electrons. The van der Waals surface area contributed by atoms with E-state index < -0.39 is 0 Å². The Hall–Kier alpha value is -0.440.